The van der Waals surface area contributed by atoms with E-state index in [0.717, 1.165) is 49.8 Å². The zero-order valence-corrected chi connectivity index (χ0v) is 17.9. The lowest BCUT2D eigenvalue weighted by atomic mass is 9.44. The second-order valence-corrected chi connectivity index (χ2v) is 10.5. The SMILES string of the molecule is CC(=O)O[C@H]1CC[C@H]2[C@@H]3C(C(C)=O)CC4=CC(=S)CC[C@]4(C)[C@H]3CC[C@]12C. The fourth-order valence-electron chi connectivity index (χ4n) is 7.32. The second kappa shape index (κ2) is 6.50. The van der Waals surface area contributed by atoms with Crippen LogP contribution in [0.2, 0.25) is 0 Å². The van der Waals surface area contributed by atoms with Crippen LogP contribution in [-0.4, -0.2) is 22.7 Å². The van der Waals surface area contributed by atoms with Crippen molar-refractivity contribution >= 4 is 28.8 Å². The van der Waals surface area contributed by atoms with Crippen LogP contribution < -0.4 is 0 Å². The molecule has 0 heterocycles. The van der Waals surface area contributed by atoms with Crippen LogP contribution in [0.4, 0.5) is 0 Å². The van der Waals surface area contributed by atoms with Crippen LogP contribution in [0.25, 0.3) is 0 Å². The predicted molar refractivity (Wildman–Crippen MR) is 109 cm³/mol. The summed E-state index contributed by atoms with van der Waals surface area (Å²) in [6.45, 7) is 8.03. The van der Waals surface area contributed by atoms with E-state index >= 15 is 0 Å². The van der Waals surface area contributed by atoms with Gasteiger partial charge < -0.3 is 4.74 Å². The van der Waals surface area contributed by atoms with Gasteiger partial charge in [0.05, 0.1) is 0 Å². The normalized spacial score (nSPS) is 46.0. The van der Waals surface area contributed by atoms with Gasteiger partial charge in [-0.25, -0.2) is 0 Å². The highest BCUT2D eigenvalue weighted by molar-refractivity contribution is 7.80. The number of allylic oxidation sites excluding steroid dienone is 2. The van der Waals surface area contributed by atoms with Crippen molar-refractivity contribution in [3.63, 3.8) is 0 Å². The third-order valence-corrected chi connectivity index (χ3v) is 9.08. The lowest BCUT2D eigenvalue weighted by Crippen LogP contribution is -2.55. The minimum Gasteiger partial charge on any atom is -0.462 e. The Balaban J connectivity index is 1.73. The van der Waals surface area contributed by atoms with Gasteiger partial charge in [-0.3, -0.25) is 9.59 Å². The van der Waals surface area contributed by atoms with Gasteiger partial charge in [-0.15, -0.1) is 0 Å². The van der Waals surface area contributed by atoms with Gasteiger partial charge in [-0.05, 0) is 81.1 Å². The molecule has 3 fully saturated rings. The summed E-state index contributed by atoms with van der Waals surface area (Å²) in [5.41, 5.74) is 1.63. The molecule has 0 aromatic rings. The quantitative estimate of drug-likeness (QED) is 0.489. The lowest BCUT2D eigenvalue weighted by Gasteiger charge is -2.60. The van der Waals surface area contributed by atoms with Crippen LogP contribution in [-0.2, 0) is 14.3 Å². The molecule has 0 N–H and O–H groups in total. The van der Waals surface area contributed by atoms with Gasteiger partial charge in [0.15, 0.2) is 0 Å². The summed E-state index contributed by atoms with van der Waals surface area (Å²) in [5, 5.41) is 0. The summed E-state index contributed by atoms with van der Waals surface area (Å²) in [6.07, 6.45) is 9.48. The minimum atomic E-state index is -0.172. The van der Waals surface area contributed by atoms with Gasteiger partial charge in [0, 0.05) is 23.1 Å². The Morgan fingerprint density at radius 2 is 1.85 bits per heavy atom. The van der Waals surface area contributed by atoms with Crippen molar-refractivity contribution in [2.75, 3.05) is 0 Å². The molecule has 4 heteroatoms. The van der Waals surface area contributed by atoms with E-state index in [9.17, 15) is 9.59 Å². The highest BCUT2D eigenvalue weighted by Crippen LogP contribution is 2.67. The number of carbonyl (C=O) groups excluding carboxylic acids is 2. The van der Waals surface area contributed by atoms with E-state index in [1.165, 1.54) is 12.5 Å². The molecule has 0 saturated heterocycles. The van der Waals surface area contributed by atoms with Crippen molar-refractivity contribution < 1.29 is 14.3 Å². The average molecular weight is 389 g/mol. The zero-order valence-electron chi connectivity index (χ0n) is 17.0. The maximum atomic E-state index is 12.7. The highest BCUT2D eigenvalue weighted by Gasteiger charge is 2.62. The summed E-state index contributed by atoms with van der Waals surface area (Å²) in [5.74, 6) is 1.68. The van der Waals surface area contributed by atoms with E-state index in [4.69, 9.17) is 17.0 Å². The average Bonchev–Trinajstić information content (AvgIpc) is 2.91. The number of hydrogen-bond acceptors (Lipinski definition) is 4. The number of ketones is 1. The molecule has 0 aromatic carbocycles. The minimum absolute atomic E-state index is 0.0113. The van der Waals surface area contributed by atoms with Crippen LogP contribution >= 0.6 is 12.2 Å². The van der Waals surface area contributed by atoms with Crippen molar-refractivity contribution in [1.82, 2.24) is 0 Å². The summed E-state index contributed by atoms with van der Waals surface area (Å²) in [4.78, 5) is 25.4. The maximum absolute atomic E-state index is 12.7. The Morgan fingerprint density at radius 3 is 2.52 bits per heavy atom. The molecule has 3 saturated carbocycles. The first-order valence-corrected chi connectivity index (χ1v) is 11.0. The number of esters is 1. The van der Waals surface area contributed by atoms with Crippen molar-refractivity contribution in [3.8, 4) is 0 Å². The Morgan fingerprint density at radius 1 is 1.11 bits per heavy atom. The van der Waals surface area contributed by atoms with Gasteiger partial charge in [0.25, 0.3) is 0 Å². The van der Waals surface area contributed by atoms with Gasteiger partial charge in [0.1, 0.15) is 11.9 Å². The van der Waals surface area contributed by atoms with Crippen LogP contribution in [0, 0.1) is 34.5 Å². The van der Waals surface area contributed by atoms with E-state index in [2.05, 4.69) is 19.9 Å². The Kier molecular flexibility index (Phi) is 4.65. The molecule has 4 aliphatic rings. The van der Waals surface area contributed by atoms with E-state index in [1.807, 2.05) is 0 Å². The molecule has 0 spiro atoms. The molecular weight excluding hydrogens is 356 g/mol. The van der Waals surface area contributed by atoms with Crippen molar-refractivity contribution in [2.24, 2.45) is 34.5 Å². The number of Topliss-reactive ketones (excluding diaryl/α,β-unsaturated/α-hetero) is 1. The fraction of sp³-hybridized carbons (Fsp3) is 0.783. The monoisotopic (exact) mass is 388 g/mol. The van der Waals surface area contributed by atoms with Crippen molar-refractivity contribution in [3.05, 3.63) is 11.6 Å². The Hall–Kier alpha value is -1.03. The molecule has 0 bridgehead atoms. The largest absolute Gasteiger partial charge is 0.462 e. The summed E-state index contributed by atoms with van der Waals surface area (Å²) < 4.78 is 5.75. The molecule has 148 valence electrons. The van der Waals surface area contributed by atoms with Gasteiger partial charge in [-0.1, -0.05) is 31.6 Å². The highest BCUT2D eigenvalue weighted by atomic mass is 32.1. The van der Waals surface area contributed by atoms with Gasteiger partial charge in [-0.2, -0.15) is 0 Å². The topological polar surface area (TPSA) is 43.4 Å². The molecule has 0 radical (unpaired) electrons. The van der Waals surface area contributed by atoms with Gasteiger partial charge in [0.2, 0.25) is 0 Å². The van der Waals surface area contributed by atoms with E-state index in [-0.39, 0.29) is 28.8 Å². The predicted octanol–water partition coefficient (Wildman–Crippen LogP) is 5.07. The van der Waals surface area contributed by atoms with Gasteiger partial charge >= 0.3 is 5.97 Å². The number of fused-ring (bicyclic) bond motifs is 5. The molecule has 4 rings (SSSR count). The Labute approximate surface area is 168 Å². The smallest absolute Gasteiger partial charge is 0.302 e. The third-order valence-electron chi connectivity index (χ3n) is 8.76. The van der Waals surface area contributed by atoms with Crippen molar-refractivity contribution in [2.45, 2.75) is 78.7 Å². The van der Waals surface area contributed by atoms with E-state index in [1.54, 1.807) is 6.92 Å². The number of rotatable bonds is 2. The molecule has 0 amide bonds. The molecule has 0 aliphatic heterocycles. The maximum Gasteiger partial charge on any atom is 0.302 e. The van der Waals surface area contributed by atoms with Crippen LogP contribution in [0.5, 0.6) is 0 Å². The van der Waals surface area contributed by atoms with Crippen LogP contribution in [0.1, 0.15) is 72.6 Å². The molecular formula is C23H32O3S. The first kappa shape index (κ1) is 19.3. The molecule has 0 aromatic heterocycles. The van der Waals surface area contributed by atoms with E-state index in [0.29, 0.717) is 23.5 Å². The summed E-state index contributed by atoms with van der Waals surface area (Å²) in [7, 11) is 0. The van der Waals surface area contributed by atoms with E-state index < -0.39 is 0 Å². The second-order valence-electron chi connectivity index (χ2n) is 9.98. The summed E-state index contributed by atoms with van der Waals surface area (Å²) >= 11 is 5.51. The zero-order chi connectivity index (χ0) is 19.6. The summed E-state index contributed by atoms with van der Waals surface area (Å²) in [6, 6.07) is 0. The van der Waals surface area contributed by atoms with Crippen LogP contribution in [0.15, 0.2) is 11.6 Å². The molecule has 7 atom stereocenters. The lowest BCUT2D eigenvalue weighted by molar-refractivity contribution is -0.160. The first-order valence-electron chi connectivity index (χ1n) is 10.6. The molecule has 1 unspecified atom stereocenters. The third kappa shape index (κ3) is 2.85. The number of hydrogen-bond donors (Lipinski definition) is 0. The van der Waals surface area contributed by atoms with Crippen LogP contribution in [0.3, 0.4) is 0 Å². The first-order chi connectivity index (χ1) is 12.7. The number of ether oxygens (including phenoxy) is 1. The molecule has 3 nitrogen and oxygen atoms in total. The molecule has 4 aliphatic carbocycles. The standard InChI is InChI=1S/C23H32O3S/c1-13(24)17-12-15-11-16(27)7-9-22(15,3)19-8-10-23(4)18(21(17)19)5-6-20(23)26-14(2)25/h11,17-21H,5-10,12H2,1-4H3/t17?,18-,19-,20-,21-,22-,23-/m0/s1. The van der Waals surface area contributed by atoms with Crippen molar-refractivity contribution in [1.29, 1.82) is 0 Å². The molecule has 27 heavy (non-hydrogen) atoms. The number of thiocarbonyl (C=S) groups is 1. The number of carbonyl (C=O) groups is 2. The Bertz CT molecular complexity index is 725. The fourth-order valence-corrected chi connectivity index (χ4v) is 7.57.